The summed E-state index contributed by atoms with van der Waals surface area (Å²) in [6.07, 6.45) is 1.17. The molecule has 0 unspecified atom stereocenters. The average molecular weight is 224 g/mol. The smallest absolute Gasteiger partial charge is 0.0641 e. The average Bonchev–Trinajstić information content (AvgIpc) is 2.49. The Balaban J connectivity index is 2.26. The van der Waals surface area contributed by atoms with Crippen LogP contribution in [0.5, 0.6) is 0 Å². The van der Waals surface area contributed by atoms with Gasteiger partial charge in [0.15, 0.2) is 0 Å². The van der Waals surface area contributed by atoms with E-state index in [2.05, 4.69) is 36.5 Å². The van der Waals surface area contributed by atoms with Crippen LogP contribution in [0, 0.1) is 13.8 Å². The molecule has 0 aliphatic carbocycles. The van der Waals surface area contributed by atoms with E-state index < -0.39 is 0 Å². The lowest BCUT2D eigenvalue weighted by molar-refractivity contribution is 0.604. The van der Waals surface area contributed by atoms with Crippen molar-refractivity contribution in [2.75, 3.05) is 19.6 Å². The number of rotatable bonds is 7. The van der Waals surface area contributed by atoms with E-state index in [0.717, 1.165) is 31.9 Å². The van der Waals surface area contributed by atoms with Gasteiger partial charge in [0.1, 0.15) is 0 Å². The van der Waals surface area contributed by atoms with Gasteiger partial charge in [-0.3, -0.25) is 4.68 Å². The van der Waals surface area contributed by atoms with Crippen LogP contribution in [-0.2, 0) is 13.6 Å². The van der Waals surface area contributed by atoms with Gasteiger partial charge >= 0.3 is 0 Å². The van der Waals surface area contributed by atoms with Crippen LogP contribution in [0.25, 0.3) is 0 Å². The molecule has 2 N–H and O–H groups in total. The molecule has 0 aromatic carbocycles. The molecule has 1 aromatic heterocycles. The Morgan fingerprint density at radius 2 is 1.88 bits per heavy atom. The number of hydrogen-bond donors (Lipinski definition) is 2. The van der Waals surface area contributed by atoms with Crippen molar-refractivity contribution in [3.05, 3.63) is 17.0 Å². The van der Waals surface area contributed by atoms with Crippen LogP contribution in [0.1, 0.15) is 30.3 Å². The summed E-state index contributed by atoms with van der Waals surface area (Å²) in [6, 6.07) is 0. The Labute approximate surface area is 98.4 Å². The largest absolute Gasteiger partial charge is 0.317 e. The molecule has 1 rings (SSSR count). The number of hydrogen-bond acceptors (Lipinski definition) is 3. The van der Waals surface area contributed by atoms with Crippen molar-refractivity contribution in [2.24, 2.45) is 7.05 Å². The fraction of sp³-hybridized carbons (Fsp3) is 0.750. The topological polar surface area (TPSA) is 41.9 Å². The van der Waals surface area contributed by atoms with Crippen molar-refractivity contribution in [3.8, 4) is 0 Å². The van der Waals surface area contributed by atoms with E-state index in [1.807, 2.05) is 11.7 Å². The molecule has 0 aliphatic heterocycles. The monoisotopic (exact) mass is 224 g/mol. The molecular weight excluding hydrogens is 200 g/mol. The highest BCUT2D eigenvalue weighted by Crippen LogP contribution is 2.10. The molecule has 1 aromatic rings. The number of nitrogens with one attached hydrogen (secondary N) is 2. The number of aryl methyl sites for hydroxylation is 2. The van der Waals surface area contributed by atoms with Gasteiger partial charge in [-0.15, -0.1) is 0 Å². The zero-order valence-corrected chi connectivity index (χ0v) is 10.9. The molecular formula is C12H24N4. The Morgan fingerprint density at radius 3 is 2.44 bits per heavy atom. The third kappa shape index (κ3) is 3.61. The molecule has 0 spiro atoms. The molecule has 0 radical (unpaired) electrons. The van der Waals surface area contributed by atoms with Gasteiger partial charge in [-0.2, -0.15) is 5.10 Å². The maximum atomic E-state index is 4.40. The summed E-state index contributed by atoms with van der Waals surface area (Å²) in [5.74, 6) is 0. The molecule has 0 atom stereocenters. The standard InChI is InChI=1S/C12H24N4/c1-5-13-7-6-8-14-9-12-10(2)15-16(4)11(12)3/h13-14H,5-9H2,1-4H3. The van der Waals surface area contributed by atoms with E-state index in [0.29, 0.717) is 0 Å². The number of aromatic nitrogens is 2. The Bertz CT molecular complexity index is 317. The van der Waals surface area contributed by atoms with Crippen molar-refractivity contribution < 1.29 is 0 Å². The zero-order chi connectivity index (χ0) is 12.0. The lowest BCUT2D eigenvalue weighted by Gasteiger charge is -2.05. The normalized spacial score (nSPS) is 11.0. The summed E-state index contributed by atoms with van der Waals surface area (Å²) >= 11 is 0. The summed E-state index contributed by atoms with van der Waals surface area (Å²) < 4.78 is 1.95. The molecule has 0 saturated carbocycles. The first-order chi connectivity index (χ1) is 7.66. The fourth-order valence-corrected chi connectivity index (χ4v) is 1.80. The molecule has 4 heteroatoms. The molecule has 0 amide bonds. The van der Waals surface area contributed by atoms with Gasteiger partial charge in [0.05, 0.1) is 5.69 Å². The maximum absolute atomic E-state index is 4.40. The van der Waals surface area contributed by atoms with Crippen molar-refractivity contribution in [3.63, 3.8) is 0 Å². The van der Waals surface area contributed by atoms with Gasteiger partial charge in [0.25, 0.3) is 0 Å². The van der Waals surface area contributed by atoms with E-state index >= 15 is 0 Å². The highest BCUT2D eigenvalue weighted by atomic mass is 15.3. The highest BCUT2D eigenvalue weighted by Gasteiger charge is 2.07. The van der Waals surface area contributed by atoms with Gasteiger partial charge < -0.3 is 10.6 Å². The molecule has 0 fully saturated rings. The van der Waals surface area contributed by atoms with Crippen molar-refractivity contribution in [2.45, 2.75) is 33.7 Å². The van der Waals surface area contributed by atoms with Crippen LogP contribution in [0.4, 0.5) is 0 Å². The quantitative estimate of drug-likeness (QED) is 0.682. The molecule has 16 heavy (non-hydrogen) atoms. The lowest BCUT2D eigenvalue weighted by Crippen LogP contribution is -2.21. The van der Waals surface area contributed by atoms with Gasteiger partial charge in [0, 0.05) is 24.8 Å². The second-order valence-corrected chi connectivity index (χ2v) is 4.16. The summed E-state index contributed by atoms with van der Waals surface area (Å²) in [6.45, 7) is 10.5. The minimum Gasteiger partial charge on any atom is -0.317 e. The van der Waals surface area contributed by atoms with Gasteiger partial charge in [-0.1, -0.05) is 6.92 Å². The summed E-state index contributed by atoms with van der Waals surface area (Å²) in [5.41, 5.74) is 3.74. The van der Waals surface area contributed by atoms with E-state index in [9.17, 15) is 0 Å². The van der Waals surface area contributed by atoms with E-state index in [1.54, 1.807) is 0 Å². The minimum absolute atomic E-state index is 0.928. The second-order valence-electron chi connectivity index (χ2n) is 4.16. The van der Waals surface area contributed by atoms with Crippen molar-refractivity contribution in [1.82, 2.24) is 20.4 Å². The lowest BCUT2D eigenvalue weighted by atomic mass is 10.2. The molecule has 0 bridgehead atoms. The maximum Gasteiger partial charge on any atom is 0.0641 e. The van der Waals surface area contributed by atoms with Gasteiger partial charge in [-0.25, -0.2) is 0 Å². The van der Waals surface area contributed by atoms with Crippen LogP contribution in [0.2, 0.25) is 0 Å². The second kappa shape index (κ2) is 6.66. The van der Waals surface area contributed by atoms with E-state index in [4.69, 9.17) is 0 Å². The number of nitrogens with zero attached hydrogens (tertiary/aromatic N) is 2. The Morgan fingerprint density at radius 1 is 1.19 bits per heavy atom. The SMILES string of the molecule is CCNCCCNCc1c(C)nn(C)c1C. The minimum atomic E-state index is 0.928. The third-order valence-electron chi connectivity index (χ3n) is 2.92. The molecule has 1 heterocycles. The molecule has 92 valence electrons. The molecule has 0 saturated heterocycles. The highest BCUT2D eigenvalue weighted by molar-refractivity contribution is 5.23. The first-order valence-electron chi connectivity index (χ1n) is 6.07. The van der Waals surface area contributed by atoms with Gasteiger partial charge in [-0.05, 0) is 39.9 Å². The van der Waals surface area contributed by atoms with E-state index in [-0.39, 0.29) is 0 Å². The fourth-order valence-electron chi connectivity index (χ4n) is 1.80. The van der Waals surface area contributed by atoms with Gasteiger partial charge in [0.2, 0.25) is 0 Å². The third-order valence-corrected chi connectivity index (χ3v) is 2.92. The van der Waals surface area contributed by atoms with Crippen LogP contribution in [-0.4, -0.2) is 29.4 Å². The summed E-state index contributed by atoms with van der Waals surface area (Å²) in [5, 5.41) is 11.2. The first kappa shape index (κ1) is 13.2. The predicted molar refractivity (Wildman–Crippen MR) is 67.5 cm³/mol. The van der Waals surface area contributed by atoms with Crippen LogP contribution < -0.4 is 10.6 Å². The predicted octanol–water partition coefficient (Wildman–Crippen LogP) is 1.13. The molecule has 4 nitrogen and oxygen atoms in total. The Kier molecular flexibility index (Phi) is 5.49. The van der Waals surface area contributed by atoms with Crippen LogP contribution in [0.3, 0.4) is 0 Å². The first-order valence-corrected chi connectivity index (χ1v) is 6.07. The van der Waals surface area contributed by atoms with Crippen molar-refractivity contribution in [1.29, 1.82) is 0 Å². The van der Waals surface area contributed by atoms with E-state index in [1.165, 1.54) is 17.7 Å². The summed E-state index contributed by atoms with van der Waals surface area (Å²) in [7, 11) is 2.00. The molecule has 0 aliphatic rings. The Hall–Kier alpha value is -0.870. The zero-order valence-electron chi connectivity index (χ0n) is 10.9. The summed E-state index contributed by atoms with van der Waals surface area (Å²) in [4.78, 5) is 0. The van der Waals surface area contributed by atoms with Crippen molar-refractivity contribution >= 4 is 0 Å². The van der Waals surface area contributed by atoms with Crippen LogP contribution >= 0.6 is 0 Å². The van der Waals surface area contributed by atoms with Crippen LogP contribution in [0.15, 0.2) is 0 Å².